The van der Waals surface area contributed by atoms with E-state index in [-0.39, 0.29) is 0 Å². The molecule has 4 rings (SSSR count). The highest BCUT2D eigenvalue weighted by Crippen LogP contribution is 2.38. The summed E-state index contributed by atoms with van der Waals surface area (Å²) in [7, 11) is 1.59. The fourth-order valence-corrected chi connectivity index (χ4v) is 3.57. The summed E-state index contributed by atoms with van der Waals surface area (Å²) in [6.07, 6.45) is 1.67. The van der Waals surface area contributed by atoms with E-state index in [1.807, 2.05) is 78.2 Å². The first-order chi connectivity index (χ1) is 13.2. The third-order valence-corrected chi connectivity index (χ3v) is 4.84. The Labute approximate surface area is 157 Å². The zero-order chi connectivity index (χ0) is 18.9. The van der Waals surface area contributed by atoms with Crippen molar-refractivity contribution in [2.45, 2.75) is 19.1 Å². The van der Waals surface area contributed by atoms with Crippen LogP contribution in [-0.4, -0.2) is 26.8 Å². The van der Waals surface area contributed by atoms with Crippen LogP contribution in [-0.2, 0) is 12.1 Å². The van der Waals surface area contributed by atoms with Crippen molar-refractivity contribution < 1.29 is 9.84 Å². The van der Waals surface area contributed by atoms with Gasteiger partial charge >= 0.3 is 0 Å². The van der Waals surface area contributed by atoms with Crippen LogP contribution in [0.5, 0.6) is 5.88 Å². The van der Waals surface area contributed by atoms with Gasteiger partial charge in [-0.15, -0.1) is 0 Å². The topological polar surface area (TPSA) is 60.2 Å². The number of nitrogens with zero attached hydrogens (tertiary/aromatic N) is 3. The van der Waals surface area contributed by atoms with E-state index in [4.69, 9.17) is 9.72 Å². The van der Waals surface area contributed by atoms with Gasteiger partial charge in [0, 0.05) is 12.7 Å². The Balaban J connectivity index is 2.08. The predicted molar refractivity (Wildman–Crippen MR) is 105 cm³/mol. The van der Waals surface area contributed by atoms with Crippen LogP contribution in [0.4, 0.5) is 0 Å². The molecule has 0 aliphatic rings. The second kappa shape index (κ2) is 6.85. The Morgan fingerprint density at radius 2 is 1.56 bits per heavy atom. The maximum atomic E-state index is 12.1. The number of ether oxygens (including phenoxy) is 1. The molecular formula is C22H21N3O2. The molecule has 0 aliphatic carbocycles. The molecule has 2 aromatic carbocycles. The van der Waals surface area contributed by atoms with Crippen LogP contribution in [0, 0.1) is 0 Å². The number of pyridine rings is 1. The fraction of sp³-hybridized carbons (Fsp3) is 0.182. The Morgan fingerprint density at radius 3 is 2.07 bits per heavy atom. The van der Waals surface area contributed by atoms with E-state index < -0.39 is 5.60 Å². The summed E-state index contributed by atoms with van der Waals surface area (Å²) in [4.78, 5) is 9.12. The van der Waals surface area contributed by atoms with Crippen molar-refractivity contribution in [1.29, 1.82) is 0 Å². The molecule has 0 aliphatic heterocycles. The maximum absolute atomic E-state index is 12.1. The molecule has 0 spiro atoms. The minimum atomic E-state index is -1.40. The molecule has 5 heteroatoms. The highest BCUT2D eigenvalue weighted by molar-refractivity contribution is 5.81. The number of aromatic nitrogens is 3. The number of hydrogen-bond acceptors (Lipinski definition) is 4. The van der Waals surface area contributed by atoms with Gasteiger partial charge in [0.2, 0.25) is 5.88 Å². The summed E-state index contributed by atoms with van der Waals surface area (Å²) in [6, 6.07) is 21.1. The fourth-order valence-electron chi connectivity index (χ4n) is 3.57. The Morgan fingerprint density at radius 1 is 0.963 bits per heavy atom. The number of aryl methyl sites for hydroxylation is 1. The predicted octanol–water partition coefficient (Wildman–Crippen LogP) is 3.74. The molecule has 0 bridgehead atoms. The largest absolute Gasteiger partial charge is 0.479 e. The average Bonchev–Trinajstić information content (AvgIpc) is 3.13. The van der Waals surface area contributed by atoms with Crippen molar-refractivity contribution >= 4 is 11.0 Å². The van der Waals surface area contributed by atoms with E-state index >= 15 is 0 Å². The average molecular weight is 359 g/mol. The Bertz CT molecular complexity index is 1020. The number of hydrogen-bond donors (Lipinski definition) is 1. The van der Waals surface area contributed by atoms with Gasteiger partial charge < -0.3 is 14.4 Å². The molecule has 5 nitrogen and oxygen atoms in total. The molecule has 0 radical (unpaired) electrons. The molecule has 0 unspecified atom stereocenters. The van der Waals surface area contributed by atoms with Crippen molar-refractivity contribution in [2.75, 3.05) is 7.11 Å². The van der Waals surface area contributed by atoms with Gasteiger partial charge in [0.05, 0.1) is 12.6 Å². The lowest BCUT2D eigenvalue weighted by molar-refractivity contribution is 0.112. The van der Waals surface area contributed by atoms with Crippen LogP contribution in [0.15, 0.2) is 72.9 Å². The van der Waals surface area contributed by atoms with Crippen molar-refractivity contribution in [3.05, 3.63) is 89.9 Å². The van der Waals surface area contributed by atoms with Gasteiger partial charge in [-0.1, -0.05) is 60.7 Å². The first kappa shape index (κ1) is 17.2. The summed E-state index contributed by atoms with van der Waals surface area (Å²) in [5.41, 5.74) is 1.63. The smallest absolute Gasteiger partial charge is 0.239 e. The molecule has 0 atom stereocenters. The van der Waals surface area contributed by atoms with Crippen molar-refractivity contribution in [1.82, 2.24) is 14.5 Å². The van der Waals surface area contributed by atoms with E-state index in [9.17, 15) is 5.11 Å². The lowest BCUT2D eigenvalue weighted by atomic mass is 9.85. The number of aliphatic hydroxyl groups is 1. The van der Waals surface area contributed by atoms with Crippen LogP contribution in [0.3, 0.4) is 0 Å². The number of methoxy groups -OCH3 is 1. The van der Waals surface area contributed by atoms with E-state index in [0.29, 0.717) is 18.2 Å². The van der Waals surface area contributed by atoms with Gasteiger partial charge in [0.25, 0.3) is 0 Å². The lowest BCUT2D eigenvalue weighted by Gasteiger charge is -2.29. The van der Waals surface area contributed by atoms with Gasteiger partial charge in [-0.05, 0) is 24.1 Å². The molecule has 2 heterocycles. The Kier molecular flexibility index (Phi) is 4.38. The van der Waals surface area contributed by atoms with E-state index in [0.717, 1.165) is 22.2 Å². The van der Waals surface area contributed by atoms with Crippen molar-refractivity contribution in [3.63, 3.8) is 0 Å². The normalized spacial score (nSPS) is 11.7. The Hall–Kier alpha value is -3.18. The molecule has 2 aromatic heterocycles. The minimum Gasteiger partial charge on any atom is -0.479 e. The summed E-state index contributed by atoms with van der Waals surface area (Å²) < 4.78 is 7.43. The molecule has 4 aromatic rings. The van der Waals surface area contributed by atoms with Gasteiger partial charge in [0.1, 0.15) is 5.52 Å². The number of fused-ring (bicyclic) bond motifs is 1. The number of rotatable bonds is 5. The third-order valence-electron chi connectivity index (χ3n) is 4.84. The highest BCUT2D eigenvalue weighted by Gasteiger charge is 2.39. The summed E-state index contributed by atoms with van der Waals surface area (Å²) >= 11 is 0. The summed E-state index contributed by atoms with van der Waals surface area (Å²) in [5, 5.41) is 12.1. The number of benzene rings is 2. The van der Waals surface area contributed by atoms with Crippen LogP contribution in [0.2, 0.25) is 0 Å². The molecule has 136 valence electrons. The first-order valence-corrected chi connectivity index (χ1v) is 8.93. The standard InChI is InChI=1S/C22H21N3O2/c1-3-25-19-18(14-15-23-20(19)27-2)24-21(25)22(26,16-10-6-4-7-11-16)17-12-8-5-9-13-17/h4-15,26H,3H2,1-2H3. The van der Waals surface area contributed by atoms with Gasteiger partial charge in [-0.3, -0.25) is 0 Å². The second-order valence-corrected chi connectivity index (χ2v) is 6.31. The lowest BCUT2D eigenvalue weighted by Crippen LogP contribution is -2.32. The van der Waals surface area contributed by atoms with Crippen LogP contribution in [0.1, 0.15) is 23.9 Å². The highest BCUT2D eigenvalue weighted by atomic mass is 16.5. The van der Waals surface area contributed by atoms with Gasteiger partial charge in [-0.2, -0.15) is 0 Å². The van der Waals surface area contributed by atoms with E-state index in [2.05, 4.69) is 4.98 Å². The monoisotopic (exact) mass is 359 g/mol. The zero-order valence-electron chi connectivity index (χ0n) is 15.3. The van der Waals surface area contributed by atoms with Crippen LogP contribution < -0.4 is 4.74 Å². The molecule has 0 saturated heterocycles. The molecule has 0 saturated carbocycles. The van der Waals surface area contributed by atoms with Crippen molar-refractivity contribution in [3.8, 4) is 5.88 Å². The zero-order valence-corrected chi connectivity index (χ0v) is 15.3. The quantitative estimate of drug-likeness (QED) is 0.590. The third kappa shape index (κ3) is 2.67. The molecule has 0 fully saturated rings. The summed E-state index contributed by atoms with van der Waals surface area (Å²) in [5.74, 6) is 1.04. The SMILES string of the molecule is CCn1c(C(O)(c2ccccc2)c2ccccc2)nc2ccnc(OC)c21. The van der Waals surface area contributed by atoms with Crippen LogP contribution >= 0.6 is 0 Å². The molecule has 0 amide bonds. The van der Waals surface area contributed by atoms with Gasteiger partial charge in [0.15, 0.2) is 11.4 Å². The first-order valence-electron chi connectivity index (χ1n) is 8.93. The van der Waals surface area contributed by atoms with Crippen LogP contribution in [0.25, 0.3) is 11.0 Å². The maximum Gasteiger partial charge on any atom is 0.239 e. The van der Waals surface area contributed by atoms with Crippen molar-refractivity contribution in [2.24, 2.45) is 0 Å². The minimum absolute atomic E-state index is 0.497. The molecule has 1 N–H and O–H groups in total. The number of imidazole rings is 1. The second-order valence-electron chi connectivity index (χ2n) is 6.31. The van der Waals surface area contributed by atoms with Gasteiger partial charge in [-0.25, -0.2) is 9.97 Å². The van der Waals surface area contributed by atoms with E-state index in [1.54, 1.807) is 13.3 Å². The molecule has 27 heavy (non-hydrogen) atoms. The molecular weight excluding hydrogens is 338 g/mol. The van der Waals surface area contributed by atoms with E-state index in [1.165, 1.54) is 0 Å². The summed E-state index contributed by atoms with van der Waals surface area (Å²) in [6.45, 7) is 2.64.